The molecule has 0 bridgehead atoms. The first-order valence-corrected chi connectivity index (χ1v) is 5.54. The fraction of sp³-hybridized carbons (Fsp3) is 0.417. The number of aliphatic hydroxyl groups excluding tert-OH is 1. The Labute approximate surface area is 105 Å². The lowest BCUT2D eigenvalue weighted by molar-refractivity contribution is -0.165. The third-order valence-corrected chi connectivity index (χ3v) is 2.21. The molecule has 0 unspecified atom stereocenters. The van der Waals surface area contributed by atoms with Crippen molar-refractivity contribution in [1.82, 2.24) is 0 Å². The Balaban J connectivity index is 2.92. The van der Waals surface area contributed by atoms with Crippen LogP contribution in [0.1, 0.15) is 32.4 Å². The number of nitrogen functional groups attached to an aromatic ring is 1. The molecule has 17 heavy (non-hydrogen) atoms. The molecule has 0 aliphatic heterocycles. The summed E-state index contributed by atoms with van der Waals surface area (Å²) in [5.74, 6) is -0.744. The average Bonchev–Trinajstić information content (AvgIpc) is 2.18. The number of nitrogens with two attached hydrogens (primary N) is 1. The zero-order chi connectivity index (χ0) is 13.2. The predicted molar refractivity (Wildman–Crippen MR) is 66.7 cm³/mol. The fourth-order valence-corrected chi connectivity index (χ4v) is 1.45. The van der Waals surface area contributed by atoms with Crippen molar-refractivity contribution in [3.05, 3.63) is 28.8 Å². The van der Waals surface area contributed by atoms with Crippen molar-refractivity contribution in [3.8, 4) is 0 Å². The van der Waals surface area contributed by atoms with Crippen LogP contribution in [-0.2, 0) is 9.53 Å². The van der Waals surface area contributed by atoms with E-state index in [9.17, 15) is 9.90 Å². The Morgan fingerprint density at radius 2 is 2.06 bits per heavy atom. The second kappa shape index (κ2) is 4.94. The summed E-state index contributed by atoms with van der Waals surface area (Å²) in [5, 5.41) is 10.2. The highest BCUT2D eigenvalue weighted by Crippen LogP contribution is 2.26. The lowest BCUT2D eigenvalue weighted by Gasteiger charge is -2.22. The molecule has 1 aromatic rings. The summed E-state index contributed by atoms with van der Waals surface area (Å²) in [6, 6.07) is 4.57. The summed E-state index contributed by atoms with van der Waals surface area (Å²) in [6.07, 6.45) is -1.42. The van der Waals surface area contributed by atoms with Gasteiger partial charge in [0, 0.05) is 16.3 Å². The van der Waals surface area contributed by atoms with Crippen LogP contribution in [0.3, 0.4) is 0 Å². The molecule has 1 rings (SSSR count). The summed E-state index contributed by atoms with van der Waals surface area (Å²) in [4.78, 5) is 11.7. The molecule has 0 saturated heterocycles. The maximum absolute atomic E-state index is 11.7. The van der Waals surface area contributed by atoms with E-state index in [1.165, 1.54) is 12.1 Å². The van der Waals surface area contributed by atoms with E-state index in [0.29, 0.717) is 10.7 Å². The fourth-order valence-electron chi connectivity index (χ4n) is 1.27. The van der Waals surface area contributed by atoms with Crippen LogP contribution in [0.15, 0.2) is 18.2 Å². The zero-order valence-electron chi connectivity index (χ0n) is 10.0. The molecule has 0 amide bonds. The van der Waals surface area contributed by atoms with Crippen LogP contribution >= 0.6 is 11.6 Å². The van der Waals surface area contributed by atoms with Crippen molar-refractivity contribution in [1.29, 1.82) is 0 Å². The number of carbonyl (C=O) groups is 1. The Hall–Kier alpha value is -1.26. The third kappa shape index (κ3) is 3.91. The monoisotopic (exact) mass is 257 g/mol. The van der Waals surface area contributed by atoms with E-state index in [1.54, 1.807) is 26.8 Å². The minimum Gasteiger partial charge on any atom is -0.458 e. The highest BCUT2D eigenvalue weighted by atomic mass is 35.5. The van der Waals surface area contributed by atoms with E-state index < -0.39 is 17.7 Å². The summed E-state index contributed by atoms with van der Waals surface area (Å²) < 4.78 is 5.06. The van der Waals surface area contributed by atoms with Crippen LogP contribution in [0.2, 0.25) is 5.02 Å². The minimum atomic E-state index is -1.42. The van der Waals surface area contributed by atoms with Crippen molar-refractivity contribution >= 4 is 23.3 Å². The number of anilines is 1. The van der Waals surface area contributed by atoms with Crippen LogP contribution in [0.25, 0.3) is 0 Å². The van der Waals surface area contributed by atoms with Crippen molar-refractivity contribution in [3.63, 3.8) is 0 Å². The lowest BCUT2D eigenvalue weighted by atomic mass is 10.1. The van der Waals surface area contributed by atoms with Crippen LogP contribution in [0, 0.1) is 0 Å². The van der Waals surface area contributed by atoms with E-state index >= 15 is 0 Å². The molecule has 5 heteroatoms. The van der Waals surface area contributed by atoms with Gasteiger partial charge in [-0.15, -0.1) is 0 Å². The number of rotatable bonds is 2. The Morgan fingerprint density at radius 1 is 1.47 bits per heavy atom. The predicted octanol–water partition coefficient (Wildman–Crippen LogP) is 2.30. The number of aliphatic hydroxyl groups is 1. The molecular formula is C12H16ClNO3. The molecule has 0 spiro atoms. The van der Waals surface area contributed by atoms with E-state index in [2.05, 4.69) is 0 Å². The third-order valence-electron chi connectivity index (χ3n) is 1.97. The van der Waals surface area contributed by atoms with Gasteiger partial charge in [-0.1, -0.05) is 11.6 Å². The molecule has 1 atom stereocenters. The van der Waals surface area contributed by atoms with Crippen LogP contribution in [0.5, 0.6) is 0 Å². The van der Waals surface area contributed by atoms with Crippen LogP contribution in [-0.4, -0.2) is 16.7 Å². The normalized spacial score (nSPS) is 13.2. The number of carbonyl (C=O) groups excluding carboxylic acids is 1. The highest BCUT2D eigenvalue weighted by Gasteiger charge is 2.26. The molecule has 1 aromatic carbocycles. The van der Waals surface area contributed by atoms with Crippen LogP contribution in [0.4, 0.5) is 5.69 Å². The SMILES string of the molecule is CC(C)(C)OC(=O)[C@H](O)c1cc(Cl)ccc1N. The van der Waals surface area contributed by atoms with Crippen molar-refractivity contribution in [2.24, 2.45) is 0 Å². The van der Waals surface area contributed by atoms with E-state index in [0.717, 1.165) is 0 Å². The molecule has 3 N–H and O–H groups in total. The van der Waals surface area contributed by atoms with E-state index in [-0.39, 0.29) is 5.56 Å². The van der Waals surface area contributed by atoms with Gasteiger partial charge in [0.1, 0.15) is 5.60 Å². The van der Waals surface area contributed by atoms with E-state index in [1.807, 2.05) is 0 Å². The molecule has 0 radical (unpaired) electrons. The van der Waals surface area contributed by atoms with Gasteiger partial charge in [-0.3, -0.25) is 0 Å². The number of hydrogen-bond acceptors (Lipinski definition) is 4. The molecule has 0 aliphatic rings. The Bertz CT molecular complexity index is 426. The highest BCUT2D eigenvalue weighted by molar-refractivity contribution is 6.30. The molecule has 0 heterocycles. The molecule has 0 saturated carbocycles. The molecule has 94 valence electrons. The maximum Gasteiger partial charge on any atom is 0.340 e. The lowest BCUT2D eigenvalue weighted by Crippen LogP contribution is -2.28. The molecule has 0 fully saturated rings. The smallest absolute Gasteiger partial charge is 0.340 e. The van der Waals surface area contributed by atoms with Gasteiger partial charge >= 0.3 is 5.97 Å². The van der Waals surface area contributed by atoms with Gasteiger partial charge in [-0.25, -0.2) is 4.79 Å². The first-order chi connectivity index (χ1) is 7.70. The van der Waals surface area contributed by atoms with Crippen LogP contribution < -0.4 is 5.73 Å². The second-order valence-corrected chi connectivity index (χ2v) is 5.15. The first-order valence-electron chi connectivity index (χ1n) is 5.16. The topological polar surface area (TPSA) is 72.5 Å². The van der Waals surface area contributed by atoms with Crippen molar-refractivity contribution in [2.75, 3.05) is 5.73 Å². The zero-order valence-corrected chi connectivity index (χ0v) is 10.8. The minimum absolute atomic E-state index is 0.256. The Morgan fingerprint density at radius 3 is 2.59 bits per heavy atom. The maximum atomic E-state index is 11.7. The second-order valence-electron chi connectivity index (χ2n) is 4.71. The summed E-state index contributed by atoms with van der Waals surface area (Å²) in [5.41, 5.74) is 5.56. The first kappa shape index (κ1) is 13.8. The molecule has 4 nitrogen and oxygen atoms in total. The molecule has 0 aromatic heterocycles. The van der Waals surface area contributed by atoms with Gasteiger partial charge in [0.2, 0.25) is 0 Å². The van der Waals surface area contributed by atoms with Crippen molar-refractivity contribution < 1.29 is 14.6 Å². The van der Waals surface area contributed by atoms with Gasteiger partial charge in [0.25, 0.3) is 0 Å². The quantitative estimate of drug-likeness (QED) is 0.630. The average molecular weight is 258 g/mol. The number of benzene rings is 1. The number of hydrogen-bond donors (Lipinski definition) is 2. The largest absolute Gasteiger partial charge is 0.458 e. The molecule has 0 aliphatic carbocycles. The number of halogens is 1. The van der Waals surface area contributed by atoms with Gasteiger partial charge in [-0.2, -0.15) is 0 Å². The van der Waals surface area contributed by atoms with Gasteiger partial charge in [-0.05, 0) is 39.0 Å². The summed E-state index contributed by atoms with van der Waals surface area (Å²) in [7, 11) is 0. The van der Waals surface area contributed by atoms with Gasteiger partial charge < -0.3 is 15.6 Å². The Kier molecular flexibility index (Phi) is 4.01. The van der Waals surface area contributed by atoms with Crippen molar-refractivity contribution in [2.45, 2.75) is 32.5 Å². The summed E-state index contributed by atoms with van der Waals surface area (Å²) in [6.45, 7) is 5.16. The van der Waals surface area contributed by atoms with Gasteiger partial charge in [0.15, 0.2) is 6.10 Å². The number of esters is 1. The standard InChI is InChI=1S/C12H16ClNO3/c1-12(2,3)17-11(16)10(15)8-6-7(13)4-5-9(8)14/h4-6,10,15H,14H2,1-3H3/t10-/m1/s1. The molecular weight excluding hydrogens is 242 g/mol. The van der Waals surface area contributed by atoms with Gasteiger partial charge in [0.05, 0.1) is 0 Å². The van der Waals surface area contributed by atoms with E-state index in [4.69, 9.17) is 22.1 Å². The number of ether oxygens (including phenoxy) is 1. The summed E-state index contributed by atoms with van der Waals surface area (Å²) >= 11 is 5.78.